The molecule has 4 nitrogen and oxygen atoms in total. The Labute approximate surface area is 131 Å². The topological polar surface area (TPSA) is 55.4 Å². The Balaban J connectivity index is 2.12. The first kappa shape index (κ1) is 15.5. The number of hydrogen-bond acceptors (Lipinski definition) is 4. The van der Waals surface area contributed by atoms with Crippen LogP contribution in [0.3, 0.4) is 0 Å². The van der Waals surface area contributed by atoms with Crippen molar-refractivity contribution >= 4 is 37.3 Å². The minimum absolute atomic E-state index is 0.230. The van der Waals surface area contributed by atoms with E-state index in [4.69, 9.17) is 4.74 Å². The summed E-state index contributed by atoms with van der Waals surface area (Å²) in [6, 6.07) is 8.95. The van der Waals surface area contributed by atoms with Crippen LogP contribution in [0.15, 0.2) is 38.3 Å². The average Bonchev–Trinajstić information content (AvgIpc) is 2.78. The molecule has 2 aromatic rings. The van der Waals surface area contributed by atoms with Gasteiger partial charge in [-0.05, 0) is 52.2 Å². The molecule has 1 N–H and O–H groups in total. The molecule has 1 heterocycles. The van der Waals surface area contributed by atoms with Gasteiger partial charge in [0.15, 0.2) is 0 Å². The number of aryl methyl sites for hydroxylation is 1. The highest BCUT2D eigenvalue weighted by Gasteiger charge is 2.17. The van der Waals surface area contributed by atoms with Crippen molar-refractivity contribution in [1.29, 1.82) is 0 Å². The lowest BCUT2D eigenvalue weighted by Gasteiger charge is -2.06. The predicted molar refractivity (Wildman–Crippen MR) is 83.8 cm³/mol. The smallest absolute Gasteiger partial charge is 0.250 e. The van der Waals surface area contributed by atoms with Crippen LogP contribution in [0.2, 0.25) is 0 Å². The van der Waals surface area contributed by atoms with Gasteiger partial charge in [-0.1, -0.05) is 12.1 Å². The van der Waals surface area contributed by atoms with E-state index in [1.807, 2.05) is 25.1 Å². The summed E-state index contributed by atoms with van der Waals surface area (Å²) in [5, 5.41) is 0. The third-order valence-corrected chi connectivity index (χ3v) is 6.71. The third-order valence-electron chi connectivity index (χ3n) is 2.70. The molecule has 0 bridgehead atoms. The van der Waals surface area contributed by atoms with E-state index in [1.165, 1.54) is 11.3 Å². The van der Waals surface area contributed by atoms with Gasteiger partial charge in [0.2, 0.25) is 10.0 Å². The molecule has 0 saturated heterocycles. The van der Waals surface area contributed by atoms with E-state index < -0.39 is 10.0 Å². The fourth-order valence-corrected chi connectivity index (χ4v) is 4.88. The highest BCUT2D eigenvalue weighted by molar-refractivity contribution is 9.11. The van der Waals surface area contributed by atoms with Crippen molar-refractivity contribution in [3.05, 3.63) is 45.2 Å². The third kappa shape index (κ3) is 3.60. The summed E-state index contributed by atoms with van der Waals surface area (Å²) in [4.78, 5) is 0. The maximum absolute atomic E-state index is 12.2. The SMILES string of the molecule is COc1cccc(CNS(=O)(=O)c2cc(C)c(Br)s2)c1. The van der Waals surface area contributed by atoms with Crippen LogP contribution in [0.5, 0.6) is 5.75 Å². The minimum atomic E-state index is -3.48. The van der Waals surface area contributed by atoms with Crippen molar-refractivity contribution in [2.45, 2.75) is 17.7 Å². The molecule has 20 heavy (non-hydrogen) atoms. The van der Waals surface area contributed by atoms with Gasteiger partial charge in [0.25, 0.3) is 0 Å². The molecule has 1 aromatic carbocycles. The van der Waals surface area contributed by atoms with Crippen LogP contribution in [-0.2, 0) is 16.6 Å². The van der Waals surface area contributed by atoms with Gasteiger partial charge in [-0.25, -0.2) is 13.1 Å². The molecule has 0 fully saturated rings. The van der Waals surface area contributed by atoms with Crippen LogP contribution >= 0.6 is 27.3 Å². The molecule has 0 aliphatic heterocycles. The second-order valence-electron chi connectivity index (χ2n) is 4.20. The number of methoxy groups -OCH3 is 1. The standard InChI is InChI=1S/C13H14BrNO3S2/c1-9-6-12(19-13(9)14)20(16,17)15-8-10-4-3-5-11(7-10)18-2/h3-7,15H,8H2,1-2H3. The molecule has 0 saturated carbocycles. The maximum atomic E-state index is 12.2. The number of hydrogen-bond donors (Lipinski definition) is 1. The Kier molecular flexibility index (Phi) is 4.85. The zero-order valence-corrected chi connectivity index (χ0v) is 14.2. The quantitative estimate of drug-likeness (QED) is 0.871. The Hall–Kier alpha value is -0.890. The molecule has 2 rings (SSSR count). The second-order valence-corrected chi connectivity index (χ2v) is 8.56. The van der Waals surface area contributed by atoms with Gasteiger partial charge in [0.05, 0.1) is 10.9 Å². The van der Waals surface area contributed by atoms with Gasteiger partial charge in [-0.15, -0.1) is 11.3 Å². The molecule has 108 valence electrons. The summed E-state index contributed by atoms with van der Waals surface area (Å²) < 4.78 is 33.2. The van der Waals surface area contributed by atoms with Gasteiger partial charge in [0, 0.05) is 6.54 Å². The van der Waals surface area contributed by atoms with E-state index in [2.05, 4.69) is 20.7 Å². The van der Waals surface area contributed by atoms with Gasteiger partial charge < -0.3 is 4.74 Å². The molecule has 1 aromatic heterocycles. The summed E-state index contributed by atoms with van der Waals surface area (Å²) in [5.74, 6) is 0.705. The number of ether oxygens (including phenoxy) is 1. The van der Waals surface area contributed by atoms with Crippen molar-refractivity contribution in [2.24, 2.45) is 0 Å². The predicted octanol–water partition coefficient (Wildman–Crippen LogP) is 3.31. The summed E-state index contributed by atoms with van der Waals surface area (Å²) >= 11 is 4.54. The number of thiophene rings is 1. The fourth-order valence-electron chi connectivity index (χ4n) is 1.60. The monoisotopic (exact) mass is 375 g/mol. The van der Waals surface area contributed by atoms with Crippen molar-refractivity contribution in [3.63, 3.8) is 0 Å². The molecule has 0 aliphatic carbocycles. The zero-order chi connectivity index (χ0) is 14.8. The summed E-state index contributed by atoms with van der Waals surface area (Å²) in [6.45, 7) is 2.09. The van der Waals surface area contributed by atoms with E-state index in [-0.39, 0.29) is 6.54 Å². The molecule has 0 atom stereocenters. The van der Waals surface area contributed by atoms with Crippen molar-refractivity contribution < 1.29 is 13.2 Å². The minimum Gasteiger partial charge on any atom is -0.497 e. The van der Waals surface area contributed by atoms with Gasteiger partial charge in [0.1, 0.15) is 9.96 Å². The Morgan fingerprint density at radius 3 is 2.70 bits per heavy atom. The molecule has 0 unspecified atom stereocenters. The second kappa shape index (κ2) is 6.26. The summed E-state index contributed by atoms with van der Waals surface area (Å²) in [5.41, 5.74) is 1.76. The Morgan fingerprint density at radius 2 is 2.10 bits per heavy atom. The highest BCUT2D eigenvalue weighted by Crippen LogP contribution is 2.30. The van der Waals surface area contributed by atoms with E-state index in [9.17, 15) is 8.42 Å². The largest absolute Gasteiger partial charge is 0.497 e. The van der Waals surface area contributed by atoms with Crippen LogP contribution in [0.1, 0.15) is 11.1 Å². The number of halogens is 1. The van der Waals surface area contributed by atoms with Gasteiger partial charge in [-0.3, -0.25) is 0 Å². The molecule has 7 heteroatoms. The van der Waals surface area contributed by atoms with E-state index >= 15 is 0 Å². The first-order valence-electron chi connectivity index (χ1n) is 5.81. The first-order valence-corrected chi connectivity index (χ1v) is 8.90. The number of rotatable bonds is 5. The molecule has 0 aliphatic rings. The van der Waals surface area contributed by atoms with Crippen LogP contribution < -0.4 is 9.46 Å². The molecule has 0 amide bonds. The van der Waals surface area contributed by atoms with Crippen LogP contribution in [0.25, 0.3) is 0 Å². The molecular weight excluding hydrogens is 362 g/mol. The number of benzene rings is 1. The lowest BCUT2D eigenvalue weighted by Crippen LogP contribution is -2.22. The van der Waals surface area contributed by atoms with E-state index in [1.54, 1.807) is 19.2 Å². The normalized spacial score (nSPS) is 11.6. The molecular formula is C13H14BrNO3S2. The number of nitrogens with one attached hydrogen (secondary N) is 1. The van der Waals surface area contributed by atoms with Crippen molar-refractivity contribution in [2.75, 3.05) is 7.11 Å². The van der Waals surface area contributed by atoms with E-state index in [0.717, 1.165) is 14.9 Å². The maximum Gasteiger partial charge on any atom is 0.250 e. The first-order chi connectivity index (χ1) is 9.42. The van der Waals surface area contributed by atoms with Gasteiger partial charge >= 0.3 is 0 Å². The zero-order valence-electron chi connectivity index (χ0n) is 11.0. The average molecular weight is 376 g/mol. The van der Waals surface area contributed by atoms with Crippen LogP contribution in [-0.4, -0.2) is 15.5 Å². The molecule has 0 radical (unpaired) electrons. The Morgan fingerprint density at radius 1 is 1.35 bits per heavy atom. The van der Waals surface area contributed by atoms with E-state index in [0.29, 0.717) is 9.96 Å². The van der Waals surface area contributed by atoms with Crippen molar-refractivity contribution in [3.8, 4) is 5.75 Å². The highest BCUT2D eigenvalue weighted by atomic mass is 79.9. The van der Waals surface area contributed by atoms with Gasteiger partial charge in [-0.2, -0.15) is 0 Å². The van der Waals surface area contributed by atoms with Crippen LogP contribution in [0, 0.1) is 6.92 Å². The van der Waals surface area contributed by atoms with Crippen LogP contribution in [0.4, 0.5) is 0 Å². The fraction of sp³-hybridized carbons (Fsp3) is 0.231. The number of sulfonamides is 1. The lowest BCUT2D eigenvalue weighted by molar-refractivity contribution is 0.414. The lowest BCUT2D eigenvalue weighted by atomic mass is 10.2. The molecule has 0 spiro atoms. The summed E-state index contributed by atoms with van der Waals surface area (Å²) in [7, 11) is -1.90. The summed E-state index contributed by atoms with van der Waals surface area (Å²) in [6.07, 6.45) is 0. The Bertz CT molecular complexity index is 691. The van der Waals surface area contributed by atoms with Crippen molar-refractivity contribution in [1.82, 2.24) is 4.72 Å².